The van der Waals surface area contributed by atoms with E-state index in [1.54, 1.807) is 0 Å². The molecule has 1 fully saturated rings. The number of aliphatic carboxylic acids is 1. The lowest BCUT2D eigenvalue weighted by Gasteiger charge is -2.18. The van der Waals surface area contributed by atoms with Gasteiger partial charge in [-0.3, -0.25) is 4.79 Å². The normalized spacial score (nSPS) is 22.2. The lowest BCUT2D eigenvalue weighted by Crippen LogP contribution is -2.17. The molecule has 3 rings (SSSR count). The summed E-state index contributed by atoms with van der Waals surface area (Å²) in [7, 11) is 0. The number of carboxylic acid groups (broad SMARTS) is 1. The summed E-state index contributed by atoms with van der Waals surface area (Å²) in [5.74, 6) is -0.376. The van der Waals surface area contributed by atoms with Crippen molar-refractivity contribution < 1.29 is 9.90 Å². The number of fused-ring (bicyclic) bond motifs is 1. The number of hydrogen-bond acceptors (Lipinski definition) is 2. The average molecular weight is 245 g/mol. The second kappa shape index (κ2) is 4.63. The zero-order valence-electron chi connectivity index (χ0n) is 10.6. The highest BCUT2D eigenvalue weighted by molar-refractivity contribution is 5.67. The minimum atomic E-state index is -0.674. The van der Waals surface area contributed by atoms with Crippen LogP contribution in [0.1, 0.15) is 30.4 Å². The van der Waals surface area contributed by atoms with Crippen molar-refractivity contribution in [2.75, 3.05) is 18.0 Å². The van der Waals surface area contributed by atoms with Gasteiger partial charge in [-0.25, -0.2) is 0 Å². The molecular formula is C15H19NO2. The Morgan fingerprint density at radius 1 is 1.22 bits per heavy atom. The summed E-state index contributed by atoms with van der Waals surface area (Å²) in [6.45, 7) is 2.33. The van der Waals surface area contributed by atoms with Gasteiger partial charge in [-0.15, -0.1) is 0 Å². The Morgan fingerprint density at radius 2 is 1.94 bits per heavy atom. The van der Waals surface area contributed by atoms with Crippen LogP contribution in [0.4, 0.5) is 5.69 Å². The highest BCUT2D eigenvalue weighted by Gasteiger charge is 2.24. The molecule has 96 valence electrons. The number of carbonyl (C=O) groups is 1. The quantitative estimate of drug-likeness (QED) is 0.889. The van der Waals surface area contributed by atoms with Crippen LogP contribution in [-0.2, 0) is 17.6 Å². The van der Waals surface area contributed by atoms with Crippen molar-refractivity contribution in [1.82, 2.24) is 0 Å². The van der Waals surface area contributed by atoms with Crippen molar-refractivity contribution in [3.05, 3.63) is 29.3 Å². The zero-order valence-corrected chi connectivity index (χ0v) is 10.6. The predicted octanol–water partition coefficient (Wildman–Crippen LogP) is 2.48. The van der Waals surface area contributed by atoms with Crippen LogP contribution in [0, 0.1) is 5.92 Å². The number of carboxylic acids is 1. The Kier molecular flexibility index (Phi) is 2.98. The number of rotatable bonds is 3. The van der Waals surface area contributed by atoms with Gasteiger partial charge in [0.2, 0.25) is 0 Å². The smallest absolute Gasteiger partial charge is 0.303 e. The molecule has 0 aromatic heterocycles. The Bertz CT molecular complexity index is 464. The number of nitrogens with zero attached hydrogens (tertiary/aromatic N) is 1. The molecule has 3 heteroatoms. The second-order valence-electron chi connectivity index (χ2n) is 5.52. The maximum atomic E-state index is 10.8. The van der Waals surface area contributed by atoms with E-state index < -0.39 is 5.97 Å². The summed E-state index contributed by atoms with van der Waals surface area (Å²) in [4.78, 5) is 13.2. The first-order valence-electron chi connectivity index (χ1n) is 6.81. The monoisotopic (exact) mass is 245 g/mol. The fraction of sp³-hybridized carbons (Fsp3) is 0.533. The first kappa shape index (κ1) is 11.6. The minimum absolute atomic E-state index is 0.298. The third-order valence-corrected chi connectivity index (χ3v) is 4.14. The van der Waals surface area contributed by atoms with Gasteiger partial charge in [0.1, 0.15) is 0 Å². The maximum absolute atomic E-state index is 10.8. The van der Waals surface area contributed by atoms with Crippen molar-refractivity contribution in [2.24, 2.45) is 5.92 Å². The third kappa shape index (κ3) is 2.22. The van der Waals surface area contributed by atoms with Crippen LogP contribution >= 0.6 is 0 Å². The van der Waals surface area contributed by atoms with E-state index in [4.69, 9.17) is 5.11 Å². The largest absolute Gasteiger partial charge is 0.481 e. The van der Waals surface area contributed by atoms with Gasteiger partial charge >= 0.3 is 5.97 Å². The fourth-order valence-electron chi connectivity index (χ4n) is 3.26. The van der Waals surface area contributed by atoms with Crippen molar-refractivity contribution in [3.63, 3.8) is 0 Å². The van der Waals surface area contributed by atoms with Crippen LogP contribution in [-0.4, -0.2) is 24.2 Å². The highest BCUT2D eigenvalue weighted by Crippen LogP contribution is 2.32. The first-order valence-corrected chi connectivity index (χ1v) is 6.81. The molecule has 1 aliphatic carbocycles. The summed E-state index contributed by atoms with van der Waals surface area (Å²) in [5.41, 5.74) is 4.04. The van der Waals surface area contributed by atoms with E-state index in [1.807, 2.05) is 0 Å². The molecule has 0 bridgehead atoms. The summed E-state index contributed by atoms with van der Waals surface area (Å²) in [5, 5.41) is 8.87. The van der Waals surface area contributed by atoms with Gasteiger partial charge in [0.25, 0.3) is 0 Å². The molecular weight excluding hydrogens is 226 g/mol. The van der Waals surface area contributed by atoms with Crippen molar-refractivity contribution in [2.45, 2.75) is 32.1 Å². The van der Waals surface area contributed by atoms with Crippen LogP contribution in [0.3, 0.4) is 0 Å². The topological polar surface area (TPSA) is 40.5 Å². The van der Waals surface area contributed by atoms with E-state index in [0.29, 0.717) is 12.3 Å². The van der Waals surface area contributed by atoms with Gasteiger partial charge in [0.15, 0.2) is 0 Å². The summed E-state index contributed by atoms with van der Waals surface area (Å²) in [6, 6.07) is 6.68. The Morgan fingerprint density at radius 3 is 2.67 bits per heavy atom. The highest BCUT2D eigenvalue weighted by atomic mass is 16.4. The van der Waals surface area contributed by atoms with Gasteiger partial charge in [-0.2, -0.15) is 0 Å². The fourth-order valence-corrected chi connectivity index (χ4v) is 3.26. The van der Waals surface area contributed by atoms with Crippen LogP contribution in [0.2, 0.25) is 0 Å². The molecule has 0 amide bonds. The SMILES string of the molecule is O=C(O)CC1Cc2ccc(N3CCCC3)cc2C1. The molecule has 1 N–H and O–H groups in total. The van der Waals surface area contributed by atoms with E-state index in [9.17, 15) is 4.79 Å². The van der Waals surface area contributed by atoms with Gasteiger partial charge in [-0.05, 0) is 54.9 Å². The molecule has 1 aromatic rings. The molecule has 0 spiro atoms. The van der Waals surface area contributed by atoms with Gasteiger partial charge in [0, 0.05) is 25.2 Å². The lowest BCUT2D eigenvalue weighted by molar-refractivity contribution is -0.138. The first-order chi connectivity index (χ1) is 8.72. The van der Waals surface area contributed by atoms with E-state index in [1.165, 1.54) is 29.7 Å². The molecule has 0 saturated carbocycles. The maximum Gasteiger partial charge on any atom is 0.303 e. The van der Waals surface area contributed by atoms with Crippen molar-refractivity contribution in [3.8, 4) is 0 Å². The summed E-state index contributed by atoms with van der Waals surface area (Å²) >= 11 is 0. The molecule has 1 aliphatic heterocycles. The zero-order chi connectivity index (χ0) is 12.5. The predicted molar refractivity (Wildman–Crippen MR) is 71.0 cm³/mol. The molecule has 0 radical (unpaired) electrons. The Balaban J connectivity index is 1.75. The molecule has 1 saturated heterocycles. The van der Waals surface area contributed by atoms with Crippen molar-refractivity contribution in [1.29, 1.82) is 0 Å². The minimum Gasteiger partial charge on any atom is -0.481 e. The molecule has 1 atom stereocenters. The molecule has 18 heavy (non-hydrogen) atoms. The van der Waals surface area contributed by atoms with Crippen LogP contribution < -0.4 is 4.90 Å². The summed E-state index contributed by atoms with van der Waals surface area (Å²) in [6.07, 6.45) is 4.75. The van der Waals surface area contributed by atoms with Gasteiger partial charge in [-0.1, -0.05) is 6.07 Å². The van der Waals surface area contributed by atoms with E-state index in [-0.39, 0.29) is 0 Å². The Labute approximate surface area is 107 Å². The third-order valence-electron chi connectivity index (χ3n) is 4.14. The van der Waals surface area contributed by atoms with Crippen molar-refractivity contribution >= 4 is 11.7 Å². The molecule has 2 aliphatic rings. The molecule has 1 aromatic carbocycles. The lowest BCUT2D eigenvalue weighted by atomic mass is 10.0. The van der Waals surface area contributed by atoms with E-state index in [0.717, 1.165) is 25.9 Å². The standard InChI is InChI=1S/C15H19NO2/c17-15(18)9-11-7-12-3-4-14(10-13(12)8-11)16-5-1-2-6-16/h3-4,10-11H,1-2,5-9H2,(H,17,18). The molecule has 1 unspecified atom stereocenters. The van der Waals surface area contributed by atoms with Crippen LogP contribution in [0.25, 0.3) is 0 Å². The number of hydrogen-bond donors (Lipinski definition) is 1. The molecule has 3 nitrogen and oxygen atoms in total. The van der Waals surface area contributed by atoms with Crippen LogP contribution in [0.15, 0.2) is 18.2 Å². The number of anilines is 1. The second-order valence-corrected chi connectivity index (χ2v) is 5.52. The number of benzene rings is 1. The molecule has 1 heterocycles. The van der Waals surface area contributed by atoms with E-state index in [2.05, 4.69) is 23.1 Å². The van der Waals surface area contributed by atoms with Gasteiger partial charge < -0.3 is 10.0 Å². The average Bonchev–Trinajstić information content (AvgIpc) is 2.94. The Hall–Kier alpha value is -1.51. The van der Waals surface area contributed by atoms with E-state index >= 15 is 0 Å². The van der Waals surface area contributed by atoms with Gasteiger partial charge in [0.05, 0.1) is 0 Å². The summed E-state index contributed by atoms with van der Waals surface area (Å²) < 4.78 is 0. The van der Waals surface area contributed by atoms with Crippen LogP contribution in [0.5, 0.6) is 0 Å².